The Morgan fingerprint density at radius 1 is 1.62 bits per heavy atom. The summed E-state index contributed by atoms with van der Waals surface area (Å²) in [6.07, 6.45) is 4.28. The van der Waals surface area contributed by atoms with E-state index >= 15 is 0 Å². The van der Waals surface area contributed by atoms with Crippen LogP contribution in [0.25, 0.3) is 0 Å². The van der Waals surface area contributed by atoms with Gasteiger partial charge in [-0.05, 0) is 33.1 Å². The Morgan fingerprint density at radius 3 is 2.85 bits per heavy atom. The molecule has 74 valence electrons. The smallest absolute Gasteiger partial charge is 0.149 e. The fraction of sp³-hybridized carbons (Fsp3) is 0.909. The van der Waals surface area contributed by atoms with E-state index < -0.39 is 0 Å². The maximum Gasteiger partial charge on any atom is 0.149 e. The molecule has 0 aromatic carbocycles. The standard InChI is InChI=1S/C11H19NO/c1-4-10(13)9-5-6-11(3)7-8(2)12(9)11/h8-9H,4-7H2,1-3H3/t8?,9-,11?/m0/s1. The third-order valence-electron chi connectivity index (χ3n) is 3.85. The Morgan fingerprint density at radius 2 is 2.31 bits per heavy atom. The lowest BCUT2D eigenvalue weighted by molar-refractivity contribution is -0.130. The molecule has 0 aromatic heterocycles. The van der Waals surface area contributed by atoms with Gasteiger partial charge in [0.05, 0.1) is 6.04 Å². The number of fused-ring (bicyclic) bond motifs is 1. The topological polar surface area (TPSA) is 20.3 Å². The van der Waals surface area contributed by atoms with Crippen LogP contribution in [0.2, 0.25) is 0 Å². The van der Waals surface area contributed by atoms with Crippen molar-refractivity contribution in [1.29, 1.82) is 0 Å². The molecule has 2 heteroatoms. The first-order valence-corrected chi connectivity index (χ1v) is 5.39. The zero-order chi connectivity index (χ0) is 9.64. The van der Waals surface area contributed by atoms with Crippen molar-refractivity contribution in [3.05, 3.63) is 0 Å². The van der Waals surface area contributed by atoms with Crippen LogP contribution < -0.4 is 0 Å². The molecule has 2 aliphatic rings. The van der Waals surface area contributed by atoms with Crippen LogP contribution in [0.5, 0.6) is 0 Å². The van der Waals surface area contributed by atoms with Gasteiger partial charge in [0.2, 0.25) is 0 Å². The molecule has 13 heavy (non-hydrogen) atoms. The predicted molar refractivity (Wildman–Crippen MR) is 52.6 cm³/mol. The molecule has 0 bridgehead atoms. The van der Waals surface area contributed by atoms with Gasteiger partial charge in [0.15, 0.2) is 0 Å². The molecule has 2 saturated heterocycles. The van der Waals surface area contributed by atoms with Gasteiger partial charge in [0.1, 0.15) is 5.78 Å². The Balaban J connectivity index is 2.12. The predicted octanol–water partition coefficient (Wildman–Crippen LogP) is 1.98. The molecule has 2 rings (SSSR count). The molecular weight excluding hydrogens is 162 g/mol. The van der Waals surface area contributed by atoms with Gasteiger partial charge < -0.3 is 0 Å². The molecule has 3 atom stereocenters. The lowest BCUT2D eigenvalue weighted by Gasteiger charge is -2.53. The average Bonchev–Trinajstić information content (AvgIpc) is 2.36. The van der Waals surface area contributed by atoms with Gasteiger partial charge in [-0.2, -0.15) is 0 Å². The number of hydrogen-bond acceptors (Lipinski definition) is 2. The van der Waals surface area contributed by atoms with E-state index in [1.807, 2.05) is 6.92 Å². The molecule has 2 unspecified atom stereocenters. The van der Waals surface area contributed by atoms with E-state index in [9.17, 15) is 4.79 Å². The number of nitrogens with zero attached hydrogens (tertiary/aromatic N) is 1. The molecule has 0 N–H and O–H groups in total. The summed E-state index contributed by atoms with van der Waals surface area (Å²) < 4.78 is 0. The Labute approximate surface area is 80.3 Å². The normalized spacial score (nSPS) is 44.2. The van der Waals surface area contributed by atoms with Crippen molar-refractivity contribution in [2.45, 2.75) is 64.1 Å². The molecular formula is C11H19NO. The van der Waals surface area contributed by atoms with Gasteiger partial charge in [0.25, 0.3) is 0 Å². The van der Waals surface area contributed by atoms with Crippen molar-refractivity contribution in [3.63, 3.8) is 0 Å². The van der Waals surface area contributed by atoms with Crippen LogP contribution in [-0.2, 0) is 4.79 Å². The Hall–Kier alpha value is -0.370. The molecule has 0 amide bonds. The highest BCUT2D eigenvalue weighted by atomic mass is 16.1. The highest BCUT2D eigenvalue weighted by molar-refractivity contribution is 5.84. The number of Topliss-reactive ketones (excluding diaryl/α,β-unsaturated/α-hetero) is 1. The first-order valence-electron chi connectivity index (χ1n) is 5.39. The number of ketones is 1. The third-order valence-corrected chi connectivity index (χ3v) is 3.85. The monoisotopic (exact) mass is 181 g/mol. The van der Waals surface area contributed by atoms with Gasteiger partial charge in [0, 0.05) is 18.0 Å². The molecule has 2 nitrogen and oxygen atoms in total. The minimum Gasteiger partial charge on any atom is -0.298 e. The van der Waals surface area contributed by atoms with E-state index in [4.69, 9.17) is 0 Å². The minimum absolute atomic E-state index is 0.249. The molecule has 2 aliphatic heterocycles. The van der Waals surface area contributed by atoms with Crippen molar-refractivity contribution < 1.29 is 4.79 Å². The van der Waals surface area contributed by atoms with Crippen LogP contribution in [0, 0.1) is 0 Å². The third kappa shape index (κ3) is 1.15. The fourth-order valence-electron chi connectivity index (χ4n) is 3.31. The highest BCUT2D eigenvalue weighted by Gasteiger charge is 2.54. The van der Waals surface area contributed by atoms with Crippen LogP contribution >= 0.6 is 0 Å². The summed E-state index contributed by atoms with van der Waals surface area (Å²) in [6, 6.07) is 0.881. The molecule has 0 radical (unpaired) electrons. The van der Waals surface area contributed by atoms with E-state index in [0.29, 0.717) is 23.8 Å². The number of carbonyl (C=O) groups excluding carboxylic acids is 1. The van der Waals surface area contributed by atoms with Crippen molar-refractivity contribution in [2.75, 3.05) is 0 Å². The second-order valence-corrected chi connectivity index (χ2v) is 4.83. The molecule has 0 spiro atoms. The van der Waals surface area contributed by atoms with Crippen LogP contribution in [0.4, 0.5) is 0 Å². The number of hydrogen-bond donors (Lipinski definition) is 0. The van der Waals surface area contributed by atoms with Crippen molar-refractivity contribution in [1.82, 2.24) is 4.90 Å². The summed E-state index contributed by atoms with van der Waals surface area (Å²) in [7, 11) is 0. The van der Waals surface area contributed by atoms with Crippen molar-refractivity contribution in [3.8, 4) is 0 Å². The SMILES string of the molecule is CCC(=O)[C@@H]1CCC2(C)CC(C)N12. The van der Waals surface area contributed by atoms with E-state index in [1.165, 1.54) is 12.8 Å². The summed E-state index contributed by atoms with van der Waals surface area (Å²) in [5, 5.41) is 0. The van der Waals surface area contributed by atoms with Gasteiger partial charge in [-0.15, -0.1) is 0 Å². The lowest BCUT2D eigenvalue weighted by atomic mass is 9.81. The molecule has 0 saturated carbocycles. The van der Waals surface area contributed by atoms with E-state index in [2.05, 4.69) is 18.7 Å². The van der Waals surface area contributed by atoms with E-state index in [1.54, 1.807) is 0 Å². The summed E-state index contributed by atoms with van der Waals surface area (Å²) >= 11 is 0. The van der Waals surface area contributed by atoms with Gasteiger partial charge in [-0.3, -0.25) is 9.69 Å². The first kappa shape index (κ1) is 9.20. The van der Waals surface area contributed by atoms with E-state index in [-0.39, 0.29) is 6.04 Å². The van der Waals surface area contributed by atoms with Crippen LogP contribution in [0.3, 0.4) is 0 Å². The summed E-state index contributed by atoms with van der Waals surface area (Å²) in [4.78, 5) is 14.1. The second-order valence-electron chi connectivity index (χ2n) is 4.83. The van der Waals surface area contributed by atoms with Crippen LogP contribution in [0.15, 0.2) is 0 Å². The number of carbonyl (C=O) groups is 1. The molecule has 2 heterocycles. The number of rotatable bonds is 2. The zero-order valence-corrected chi connectivity index (χ0v) is 8.84. The van der Waals surface area contributed by atoms with Crippen molar-refractivity contribution in [2.24, 2.45) is 0 Å². The Kier molecular flexibility index (Phi) is 1.99. The quantitative estimate of drug-likeness (QED) is 0.649. The summed E-state index contributed by atoms with van der Waals surface area (Å²) in [5.74, 6) is 0.440. The van der Waals surface area contributed by atoms with Gasteiger partial charge in [-0.1, -0.05) is 6.92 Å². The average molecular weight is 181 g/mol. The molecule has 0 aliphatic carbocycles. The molecule has 0 aromatic rings. The first-order chi connectivity index (χ1) is 6.08. The lowest BCUT2D eigenvalue weighted by Crippen LogP contribution is -2.63. The fourth-order valence-corrected chi connectivity index (χ4v) is 3.31. The zero-order valence-electron chi connectivity index (χ0n) is 8.84. The minimum atomic E-state index is 0.249. The second kappa shape index (κ2) is 2.81. The maximum atomic E-state index is 11.7. The van der Waals surface area contributed by atoms with Gasteiger partial charge >= 0.3 is 0 Å². The van der Waals surface area contributed by atoms with Gasteiger partial charge in [-0.25, -0.2) is 0 Å². The van der Waals surface area contributed by atoms with Crippen molar-refractivity contribution >= 4 is 5.78 Å². The van der Waals surface area contributed by atoms with Crippen LogP contribution in [0.1, 0.15) is 46.5 Å². The van der Waals surface area contributed by atoms with E-state index in [0.717, 1.165) is 6.42 Å². The maximum absolute atomic E-state index is 11.7. The summed E-state index contributed by atoms with van der Waals surface area (Å²) in [6.45, 7) is 6.52. The molecule has 2 fully saturated rings. The largest absolute Gasteiger partial charge is 0.298 e. The highest BCUT2D eigenvalue weighted by Crippen LogP contribution is 2.48. The Bertz CT molecular complexity index is 238. The summed E-state index contributed by atoms with van der Waals surface area (Å²) in [5.41, 5.74) is 0.370. The van der Waals surface area contributed by atoms with Crippen LogP contribution in [-0.4, -0.2) is 28.3 Å².